The number of rotatable bonds is 6. The summed E-state index contributed by atoms with van der Waals surface area (Å²) >= 11 is 6.15. The van der Waals surface area contributed by atoms with E-state index in [9.17, 15) is 4.79 Å². The maximum absolute atomic E-state index is 12.3. The van der Waals surface area contributed by atoms with Gasteiger partial charge in [0.1, 0.15) is 0 Å². The third-order valence-corrected chi connectivity index (χ3v) is 3.10. The van der Waals surface area contributed by atoms with E-state index in [2.05, 4.69) is 0 Å². The van der Waals surface area contributed by atoms with Crippen LogP contribution in [0.2, 0.25) is 5.02 Å². The summed E-state index contributed by atoms with van der Waals surface area (Å²) in [4.78, 5) is 14.0. The van der Waals surface area contributed by atoms with Crippen molar-refractivity contribution in [1.29, 1.82) is 0 Å². The lowest BCUT2D eigenvalue weighted by molar-refractivity contribution is 0.0772. The molecule has 0 aliphatic carbocycles. The Balaban J connectivity index is 3.17. The van der Waals surface area contributed by atoms with Crippen molar-refractivity contribution in [2.24, 2.45) is 0 Å². The average molecular weight is 286 g/mol. The highest BCUT2D eigenvalue weighted by atomic mass is 35.5. The molecule has 0 saturated heterocycles. The molecule has 0 bridgehead atoms. The number of carbonyl (C=O) groups excluding carboxylic acids is 1. The van der Waals surface area contributed by atoms with Gasteiger partial charge in [0, 0.05) is 18.7 Å². The number of carbonyl (C=O) groups is 1. The first-order valence-corrected chi connectivity index (χ1v) is 6.76. The SMILES string of the molecule is CCOc1c(Cl)cc(C(=O)N(CC)CC)cc1OC. The van der Waals surface area contributed by atoms with Gasteiger partial charge in [-0.2, -0.15) is 0 Å². The van der Waals surface area contributed by atoms with E-state index in [0.717, 1.165) is 0 Å². The summed E-state index contributed by atoms with van der Waals surface area (Å²) in [6.07, 6.45) is 0. The average Bonchev–Trinajstić information content (AvgIpc) is 2.42. The summed E-state index contributed by atoms with van der Waals surface area (Å²) in [5, 5.41) is 0.386. The van der Waals surface area contributed by atoms with Gasteiger partial charge in [0.25, 0.3) is 5.91 Å². The molecule has 0 unspecified atom stereocenters. The molecule has 0 saturated carbocycles. The van der Waals surface area contributed by atoms with Crippen LogP contribution in [0.15, 0.2) is 12.1 Å². The van der Waals surface area contributed by atoms with Gasteiger partial charge >= 0.3 is 0 Å². The summed E-state index contributed by atoms with van der Waals surface area (Å²) in [5.74, 6) is 0.890. The molecule has 1 aromatic rings. The van der Waals surface area contributed by atoms with E-state index in [4.69, 9.17) is 21.1 Å². The molecule has 0 atom stereocenters. The molecule has 0 aliphatic rings. The lowest BCUT2D eigenvalue weighted by atomic mass is 10.1. The molecule has 0 radical (unpaired) electrons. The molecule has 0 N–H and O–H groups in total. The monoisotopic (exact) mass is 285 g/mol. The third kappa shape index (κ3) is 3.53. The molecule has 0 aromatic heterocycles. The maximum atomic E-state index is 12.3. The Bertz CT molecular complexity index is 445. The molecule has 4 nitrogen and oxygen atoms in total. The van der Waals surface area contributed by atoms with Gasteiger partial charge in [0.05, 0.1) is 18.7 Å². The van der Waals surface area contributed by atoms with Crippen LogP contribution in [0, 0.1) is 0 Å². The molecule has 0 spiro atoms. The Hall–Kier alpha value is -1.42. The van der Waals surface area contributed by atoms with E-state index in [1.807, 2.05) is 20.8 Å². The first kappa shape index (κ1) is 15.6. The Labute approximate surface area is 119 Å². The minimum atomic E-state index is -0.0618. The van der Waals surface area contributed by atoms with Crippen LogP contribution in [0.25, 0.3) is 0 Å². The first-order valence-electron chi connectivity index (χ1n) is 6.38. The summed E-state index contributed by atoms with van der Waals surface area (Å²) < 4.78 is 10.7. The van der Waals surface area contributed by atoms with Gasteiger partial charge in [-0.25, -0.2) is 0 Å². The Morgan fingerprint density at radius 2 is 1.89 bits per heavy atom. The predicted molar refractivity (Wildman–Crippen MR) is 76.4 cm³/mol. The fourth-order valence-corrected chi connectivity index (χ4v) is 2.09. The van der Waals surface area contributed by atoms with Gasteiger partial charge in [-0.3, -0.25) is 4.79 Å². The van der Waals surface area contributed by atoms with Crippen LogP contribution in [0.1, 0.15) is 31.1 Å². The molecule has 0 heterocycles. The molecule has 1 aromatic carbocycles. The van der Waals surface area contributed by atoms with Gasteiger partial charge in [-0.1, -0.05) is 11.6 Å². The van der Waals surface area contributed by atoms with Crippen molar-refractivity contribution >= 4 is 17.5 Å². The van der Waals surface area contributed by atoms with Crippen molar-refractivity contribution < 1.29 is 14.3 Å². The van der Waals surface area contributed by atoms with Gasteiger partial charge in [-0.05, 0) is 32.9 Å². The topological polar surface area (TPSA) is 38.8 Å². The fraction of sp³-hybridized carbons (Fsp3) is 0.500. The van der Waals surface area contributed by atoms with E-state index in [1.165, 1.54) is 7.11 Å². The summed E-state index contributed by atoms with van der Waals surface area (Å²) in [6.45, 7) is 7.54. The number of hydrogen-bond acceptors (Lipinski definition) is 3. The smallest absolute Gasteiger partial charge is 0.254 e. The molecule has 1 rings (SSSR count). The van der Waals surface area contributed by atoms with Crippen LogP contribution < -0.4 is 9.47 Å². The first-order chi connectivity index (χ1) is 9.08. The zero-order valence-electron chi connectivity index (χ0n) is 11.8. The lowest BCUT2D eigenvalue weighted by Gasteiger charge is -2.20. The molecular formula is C14H20ClNO3. The van der Waals surface area contributed by atoms with E-state index < -0.39 is 0 Å². The minimum Gasteiger partial charge on any atom is -0.493 e. The fourth-order valence-electron chi connectivity index (χ4n) is 1.82. The number of nitrogens with zero attached hydrogens (tertiary/aromatic N) is 1. The van der Waals surface area contributed by atoms with E-state index in [-0.39, 0.29) is 5.91 Å². The molecule has 106 valence electrons. The molecule has 1 amide bonds. The normalized spacial score (nSPS) is 10.2. The third-order valence-electron chi connectivity index (χ3n) is 2.82. The van der Waals surface area contributed by atoms with E-state index >= 15 is 0 Å². The van der Waals surface area contributed by atoms with Crippen molar-refractivity contribution in [3.8, 4) is 11.5 Å². The highest BCUT2D eigenvalue weighted by Crippen LogP contribution is 2.36. The number of halogens is 1. The summed E-state index contributed by atoms with van der Waals surface area (Å²) in [6, 6.07) is 3.28. The highest BCUT2D eigenvalue weighted by molar-refractivity contribution is 6.32. The Morgan fingerprint density at radius 1 is 1.26 bits per heavy atom. The molecule has 5 heteroatoms. The second-order valence-electron chi connectivity index (χ2n) is 3.90. The van der Waals surface area contributed by atoms with Crippen molar-refractivity contribution in [1.82, 2.24) is 4.90 Å². The van der Waals surface area contributed by atoms with Gasteiger partial charge in [-0.15, -0.1) is 0 Å². The quantitative estimate of drug-likeness (QED) is 0.805. The number of amides is 1. The van der Waals surface area contributed by atoms with E-state index in [1.54, 1.807) is 17.0 Å². The minimum absolute atomic E-state index is 0.0618. The van der Waals surface area contributed by atoms with Crippen LogP contribution in [-0.2, 0) is 0 Å². The molecule has 0 aliphatic heterocycles. The predicted octanol–water partition coefficient (Wildman–Crippen LogP) is 3.23. The van der Waals surface area contributed by atoms with Crippen LogP contribution in [-0.4, -0.2) is 37.6 Å². The summed E-state index contributed by atoms with van der Waals surface area (Å²) in [7, 11) is 1.53. The van der Waals surface area contributed by atoms with Crippen molar-refractivity contribution in [3.05, 3.63) is 22.7 Å². The Kier molecular flexibility index (Phi) is 5.96. The van der Waals surface area contributed by atoms with Gasteiger partial charge in [0.2, 0.25) is 0 Å². The largest absolute Gasteiger partial charge is 0.493 e. The zero-order valence-corrected chi connectivity index (χ0v) is 12.6. The number of hydrogen-bond donors (Lipinski definition) is 0. The van der Waals surface area contributed by atoms with Crippen LogP contribution >= 0.6 is 11.6 Å². The van der Waals surface area contributed by atoms with Crippen molar-refractivity contribution in [2.75, 3.05) is 26.8 Å². The van der Waals surface area contributed by atoms with Gasteiger partial charge < -0.3 is 14.4 Å². The lowest BCUT2D eigenvalue weighted by Crippen LogP contribution is -2.30. The highest BCUT2D eigenvalue weighted by Gasteiger charge is 2.18. The molecular weight excluding hydrogens is 266 g/mol. The summed E-state index contributed by atoms with van der Waals surface area (Å²) in [5.41, 5.74) is 0.508. The zero-order chi connectivity index (χ0) is 14.4. The number of benzene rings is 1. The standard InChI is InChI=1S/C14H20ClNO3/c1-5-16(6-2)14(17)10-8-11(15)13(19-7-3)12(9-10)18-4/h8-9H,5-7H2,1-4H3. The van der Waals surface area contributed by atoms with E-state index in [0.29, 0.717) is 41.8 Å². The molecule has 0 fully saturated rings. The number of methoxy groups -OCH3 is 1. The Morgan fingerprint density at radius 3 is 2.37 bits per heavy atom. The maximum Gasteiger partial charge on any atom is 0.254 e. The van der Waals surface area contributed by atoms with Gasteiger partial charge in [0.15, 0.2) is 11.5 Å². The van der Waals surface area contributed by atoms with Crippen LogP contribution in [0.3, 0.4) is 0 Å². The van der Waals surface area contributed by atoms with Crippen LogP contribution in [0.5, 0.6) is 11.5 Å². The second-order valence-corrected chi connectivity index (χ2v) is 4.31. The van der Waals surface area contributed by atoms with Crippen LogP contribution in [0.4, 0.5) is 0 Å². The molecule has 19 heavy (non-hydrogen) atoms. The van der Waals surface area contributed by atoms with Crippen molar-refractivity contribution in [2.45, 2.75) is 20.8 Å². The van der Waals surface area contributed by atoms with Crippen molar-refractivity contribution in [3.63, 3.8) is 0 Å². The second kappa shape index (κ2) is 7.24. The number of ether oxygens (including phenoxy) is 2.